The number of hydrogen-bond donors (Lipinski definition) is 1. The summed E-state index contributed by atoms with van der Waals surface area (Å²) in [6.45, 7) is 4.12. The number of nitrogens with zero attached hydrogens (tertiary/aromatic N) is 1. The first kappa shape index (κ1) is 13.0. The van der Waals surface area contributed by atoms with Crippen molar-refractivity contribution in [2.75, 3.05) is 5.73 Å². The van der Waals surface area contributed by atoms with E-state index in [-0.39, 0.29) is 12.4 Å². The number of aromatic nitrogens is 1. The van der Waals surface area contributed by atoms with Crippen LogP contribution in [0.2, 0.25) is 0 Å². The van der Waals surface area contributed by atoms with Crippen molar-refractivity contribution in [3.05, 3.63) is 46.0 Å². The molecule has 16 heavy (non-hydrogen) atoms. The molecule has 0 spiro atoms. The number of nitrogens with two attached hydrogens (primary N) is 1. The maximum atomic E-state index is 5.67. The minimum atomic E-state index is 0. The van der Waals surface area contributed by atoms with Crippen LogP contribution in [-0.4, -0.2) is 4.98 Å². The Morgan fingerprint density at radius 2 is 2.06 bits per heavy atom. The molecule has 1 aromatic carbocycles. The van der Waals surface area contributed by atoms with Gasteiger partial charge in [0.1, 0.15) is 0 Å². The third kappa shape index (κ3) is 2.97. The van der Waals surface area contributed by atoms with E-state index in [4.69, 9.17) is 5.73 Å². The van der Waals surface area contributed by atoms with Crippen LogP contribution in [0.25, 0.3) is 0 Å². The minimum Gasteiger partial charge on any atom is -0.375 e. The van der Waals surface area contributed by atoms with E-state index in [2.05, 4.69) is 36.2 Å². The van der Waals surface area contributed by atoms with Gasteiger partial charge in [0.2, 0.25) is 0 Å². The highest BCUT2D eigenvalue weighted by atomic mass is 35.5. The number of anilines is 1. The van der Waals surface area contributed by atoms with Gasteiger partial charge >= 0.3 is 0 Å². The van der Waals surface area contributed by atoms with Crippen molar-refractivity contribution in [3.8, 4) is 0 Å². The van der Waals surface area contributed by atoms with Crippen LogP contribution in [0.15, 0.2) is 24.3 Å². The van der Waals surface area contributed by atoms with Crippen LogP contribution in [0.3, 0.4) is 0 Å². The zero-order chi connectivity index (χ0) is 10.8. The van der Waals surface area contributed by atoms with Crippen molar-refractivity contribution in [3.63, 3.8) is 0 Å². The fraction of sp³-hybridized carbons (Fsp3) is 0.250. The van der Waals surface area contributed by atoms with Gasteiger partial charge in [-0.25, -0.2) is 4.98 Å². The lowest BCUT2D eigenvalue weighted by Crippen LogP contribution is -1.88. The number of benzene rings is 1. The number of hydrogen-bond acceptors (Lipinski definition) is 3. The summed E-state index contributed by atoms with van der Waals surface area (Å²) in [6.07, 6.45) is 0.933. The fourth-order valence-corrected chi connectivity index (χ4v) is 2.49. The third-order valence-electron chi connectivity index (χ3n) is 2.36. The number of nitrogen functional groups attached to an aromatic ring is 1. The Morgan fingerprint density at radius 3 is 2.62 bits per heavy atom. The van der Waals surface area contributed by atoms with Gasteiger partial charge in [0.15, 0.2) is 5.13 Å². The van der Waals surface area contributed by atoms with E-state index in [0.717, 1.165) is 12.1 Å². The molecule has 1 heterocycles. The zero-order valence-electron chi connectivity index (χ0n) is 9.36. The lowest BCUT2D eigenvalue weighted by Gasteiger charge is -2.00. The average molecular weight is 255 g/mol. The van der Waals surface area contributed by atoms with Crippen molar-refractivity contribution in [1.82, 2.24) is 4.98 Å². The van der Waals surface area contributed by atoms with Crippen LogP contribution < -0.4 is 5.73 Å². The highest BCUT2D eigenvalue weighted by molar-refractivity contribution is 7.15. The van der Waals surface area contributed by atoms with Gasteiger partial charge in [-0.1, -0.05) is 29.8 Å². The normalized spacial score (nSPS) is 9.88. The molecule has 0 atom stereocenters. The summed E-state index contributed by atoms with van der Waals surface area (Å²) in [5.41, 5.74) is 9.34. The van der Waals surface area contributed by atoms with Crippen molar-refractivity contribution >= 4 is 28.9 Å². The van der Waals surface area contributed by atoms with Crippen LogP contribution in [-0.2, 0) is 6.42 Å². The Hall–Kier alpha value is -1.06. The molecule has 0 radical (unpaired) electrons. The summed E-state index contributed by atoms with van der Waals surface area (Å²) >= 11 is 1.58. The molecule has 2 N–H and O–H groups in total. The molecule has 2 nitrogen and oxygen atoms in total. The van der Waals surface area contributed by atoms with E-state index in [1.807, 2.05) is 6.92 Å². The highest BCUT2D eigenvalue weighted by Gasteiger charge is 2.05. The first-order valence-electron chi connectivity index (χ1n) is 4.92. The Balaban J connectivity index is 0.00000128. The minimum absolute atomic E-state index is 0. The van der Waals surface area contributed by atoms with Crippen LogP contribution in [0.5, 0.6) is 0 Å². The van der Waals surface area contributed by atoms with Gasteiger partial charge in [0.05, 0.1) is 5.69 Å². The molecule has 86 valence electrons. The second-order valence-electron chi connectivity index (χ2n) is 3.73. The van der Waals surface area contributed by atoms with Gasteiger partial charge in [-0.05, 0) is 19.4 Å². The van der Waals surface area contributed by atoms with Crippen molar-refractivity contribution in [1.29, 1.82) is 0 Å². The quantitative estimate of drug-likeness (QED) is 0.893. The lowest BCUT2D eigenvalue weighted by molar-refractivity contribution is 1.15. The van der Waals surface area contributed by atoms with Gasteiger partial charge < -0.3 is 5.73 Å². The molecule has 1 aromatic heterocycles. The maximum absolute atomic E-state index is 5.67. The SMILES string of the molecule is Cc1cccc(Cc2sc(N)nc2C)c1.Cl. The van der Waals surface area contributed by atoms with E-state index >= 15 is 0 Å². The smallest absolute Gasteiger partial charge is 0.180 e. The molecule has 0 aliphatic carbocycles. The number of rotatable bonds is 2. The monoisotopic (exact) mass is 254 g/mol. The van der Waals surface area contributed by atoms with Crippen LogP contribution in [0.4, 0.5) is 5.13 Å². The highest BCUT2D eigenvalue weighted by Crippen LogP contribution is 2.23. The summed E-state index contributed by atoms with van der Waals surface area (Å²) in [4.78, 5) is 5.49. The van der Waals surface area contributed by atoms with Crippen molar-refractivity contribution < 1.29 is 0 Å². The molecule has 0 saturated carbocycles. The topological polar surface area (TPSA) is 38.9 Å². The summed E-state index contributed by atoms with van der Waals surface area (Å²) < 4.78 is 0. The molecule has 0 amide bonds. The third-order valence-corrected chi connectivity index (χ3v) is 3.34. The van der Waals surface area contributed by atoms with Gasteiger partial charge in [0.25, 0.3) is 0 Å². The molecule has 0 saturated heterocycles. The zero-order valence-corrected chi connectivity index (χ0v) is 11.0. The van der Waals surface area contributed by atoms with E-state index < -0.39 is 0 Å². The van der Waals surface area contributed by atoms with E-state index in [0.29, 0.717) is 5.13 Å². The molecule has 0 unspecified atom stereocenters. The van der Waals surface area contributed by atoms with Gasteiger partial charge in [-0.3, -0.25) is 0 Å². The first-order valence-corrected chi connectivity index (χ1v) is 5.74. The Morgan fingerprint density at radius 1 is 1.31 bits per heavy atom. The Labute approximate surface area is 106 Å². The van der Waals surface area contributed by atoms with Gasteiger partial charge in [-0.2, -0.15) is 0 Å². The number of halogens is 1. The summed E-state index contributed by atoms with van der Waals surface area (Å²) in [5.74, 6) is 0. The molecule has 2 aromatic rings. The first-order chi connectivity index (χ1) is 7.15. The van der Waals surface area contributed by atoms with Crippen molar-refractivity contribution in [2.24, 2.45) is 0 Å². The molecular formula is C12H15ClN2S. The van der Waals surface area contributed by atoms with Crippen LogP contribution in [0.1, 0.15) is 21.7 Å². The van der Waals surface area contributed by atoms with Gasteiger partial charge in [0, 0.05) is 11.3 Å². The summed E-state index contributed by atoms with van der Waals surface area (Å²) in [6, 6.07) is 8.54. The second-order valence-corrected chi connectivity index (χ2v) is 4.84. The summed E-state index contributed by atoms with van der Waals surface area (Å²) in [5, 5.41) is 0.662. The average Bonchev–Trinajstić information content (AvgIpc) is 2.45. The molecule has 4 heteroatoms. The van der Waals surface area contributed by atoms with Crippen molar-refractivity contribution in [2.45, 2.75) is 20.3 Å². The number of thiazole rings is 1. The predicted molar refractivity (Wildman–Crippen MR) is 72.5 cm³/mol. The summed E-state index contributed by atoms with van der Waals surface area (Å²) in [7, 11) is 0. The molecule has 0 aliphatic rings. The maximum Gasteiger partial charge on any atom is 0.180 e. The fourth-order valence-electron chi connectivity index (χ4n) is 1.62. The van der Waals surface area contributed by atoms with Crippen LogP contribution in [0, 0.1) is 13.8 Å². The second kappa shape index (κ2) is 5.32. The van der Waals surface area contributed by atoms with E-state index in [9.17, 15) is 0 Å². The molecule has 2 rings (SSSR count). The lowest BCUT2D eigenvalue weighted by atomic mass is 10.1. The molecule has 0 bridgehead atoms. The largest absolute Gasteiger partial charge is 0.375 e. The standard InChI is InChI=1S/C12H14N2S.ClH/c1-8-4-3-5-10(6-8)7-11-9(2)14-12(13)15-11;/h3-6H,7H2,1-2H3,(H2,13,14);1H. The molecular weight excluding hydrogens is 240 g/mol. The predicted octanol–water partition coefficient (Wildman–Crippen LogP) is 3.35. The van der Waals surface area contributed by atoms with E-state index in [1.54, 1.807) is 11.3 Å². The van der Waals surface area contributed by atoms with Crippen LogP contribution >= 0.6 is 23.7 Å². The number of aryl methyl sites for hydroxylation is 2. The molecule has 0 fully saturated rings. The Bertz CT molecular complexity index is 480. The van der Waals surface area contributed by atoms with E-state index in [1.165, 1.54) is 16.0 Å². The molecule has 0 aliphatic heterocycles. The Kier molecular flexibility index (Phi) is 4.33. The van der Waals surface area contributed by atoms with Gasteiger partial charge in [-0.15, -0.1) is 23.7 Å².